The molecule has 1 N–H and O–H groups in total. The van der Waals surface area contributed by atoms with E-state index in [0.29, 0.717) is 22.1 Å². The zero-order chi connectivity index (χ0) is 21.7. The van der Waals surface area contributed by atoms with Crippen molar-refractivity contribution in [2.75, 3.05) is 23.4 Å². The highest BCUT2D eigenvalue weighted by Crippen LogP contribution is 2.27. The average Bonchev–Trinajstić information content (AvgIpc) is 3.10. The number of ether oxygens (including phenoxy) is 2. The molecule has 7 nitrogen and oxygen atoms in total. The first-order valence-corrected chi connectivity index (χ1v) is 9.99. The summed E-state index contributed by atoms with van der Waals surface area (Å²) >= 11 is 5.80. The number of rotatable bonds is 7. The minimum Gasteiger partial charge on any atom is -0.491 e. The summed E-state index contributed by atoms with van der Waals surface area (Å²) in [5.41, 5.74) is 1.24. The topological polar surface area (TPSA) is 84.9 Å². The van der Waals surface area contributed by atoms with Gasteiger partial charge in [-0.15, -0.1) is 0 Å². The summed E-state index contributed by atoms with van der Waals surface area (Å²) in [5.74, 6) is -1.11. The van der Waals surface area contributed by atoms with Gasteiger partial charge in [-0.2, -0.15) is 0 Å². The molecule has 1 saturated heterocycles. The van der Waals surface area contributed by atoms with E-state index in [1.165, 1.54) is 0 Å². The smallest absolute Gasteiger partial charge is 0.311 e. The monoisotopic (exact) mass is 430 g/mol. The van der Waals surface area contributed by atoms with Gasteiger partial charge >= 0.3 is 5.97 Å². The lowest BCUT2D eigenvalue weighted by Crippen LogP contribution is -2.28. The van der Waals surface area contributed by atoms with Crippen molar-refractivity contribution in [1.82, 2.24) is 0 Å². The maximum atomic E-state index is 12.4. The molecule has 1 atom stereocenters. The Balaban J connectivity index is 1.50. The molecule has 30 heavy (non-hydrogen) atoms. The minimum atomic E-state index is -0.618. The first-order valence-electron chi connectivity index (χ1n) is 9.61. The highest BCUT2D eigenvalue weighted by molar-refractivity contribution is 6.30. The Morgan fingerprint density at radius 3 is 2.43 bits per heavy atom. The summed E-state index contributed by atoms with van der Waals surface area (Å²) in [6, 6.07) is 13.7. The van der Waals surface area contributed by atoms with Crippen LogP contribution in [-0.2, 0) is 19.1 Å². The molecule has 0 aliphatic carbocycles. The molecule has 0 saturated carbocycles. The normalized spacial score (nSPS) is 15.9. The Labute approximate surface area is 179 Å². The third kappa shape index (κ3) is 5.73. The van der Waals surface area contributed by atoms with E-state index in [1.807, 2.05) is 13.8 Å². The summed E-state index contributed by atoms with van der Waals surface area (Å²) < 4.78 is 10.7. The summed E-state index contributed by atoms with van der Waals surface area (Å²) in [7, 11) is 0. The Kier molecular flexibility index (Phi) is 6.95. The van der Waals surface area contributed by atoms with Crippen LogP contribution in [0.15, 0.2) is 48.5 Å². The van der Waals surface area contributed by atoms with Gasteiger partial charge in [-0.1, -0.05) is 11.6 Å². The van der Waals surface area contributed by atoms with E-state index < -0.39 is 24.4 Å². The van der Waals surface area contributed by atoms with Crippen LogP contribution >= 0.6 is 11.6 Å². The highest BCUT2D eigenvalue weighted by atomic mass is 35.5. The van der Waals surface area contributed by atoms with Crippen LogP contribution in [0.5, 0.6) is 5.75 Å². The molecule has 2 aromatic carbocycles. The number of hydrogen-bond acceptors (Lipinski definition) is 5. The van der Waals surface area contributed by atoms with Crippen LogP contribution < -0.4 is 15.0 Å². The summed E-state index contributed by atoms with van der Waals surface area (Å²) in [4.78, 5) is 38.2. The van der Waals surface area contributed by atoms with Crippen LogP contribution in [0.1, 0.15) is 20.3 Å². The lowest BCUT2D eigenvalue weighted by atomic mass is 10.1. The molecule has 3 rings (SSSR count). The number of halogens is 1. The zero-order valence-corrected chi connectivity index (χ0v) is 17.5. The van der Waals surface area contributed by atoms with Gasteiger partial charge in [-0.3, -0.25) is 14.4 Å². The molecule has 1 aliphatic rings. The van der Waals surface area contributed by atoms with Gasteiger partial charge in [0.25, 0.3) is 5.91 Å². The van der Waals surface area contributed by atoms with Gasteiger partial charge in [0, 0.05) is 29.4 Å². The second kappa shape index (κ2) is 9.63. The molecule has 0 bridgehead atoms. The third-order valence-electron chi connectivity index (χ3n) is 4.45. The van der Waals surface area contributed by atoms with Gasteiger partial charge in [-0.25, -0.2) is 0 Å². The van der Waals surface area contributed by atoms with Crippen LogP contribution in [0.4, 0.5) is 11.4 Å². The third-order valence-corrected chi connectivity index (χ3v) is 4.70. The Morgan fingerprint density at radius 1 is 1.13 bits per heavy atom. The lowest BCUT2D eigenvalue weighted by Gasteiger charge is -2.17. The van der Waals surface area contributed by atoms with E-state index in [-0.39, 0.29) is 25.0 Å². The number of nitrogens with zero attached hydrogens (tertiary/aromatic N) is 1. The molecule has 2 amide bonds. The number of hydrogen-bond donors (Lipinski definition) is 1. The predicted molar refractivity (Wildman–Crippen MR) is 114 cm³/mol. The Morgan fingerprint density at radius 2 is 1.80 bits per heavy atom. The zero-order valence-electron chi connectivity index (χ0n) is 16.8. The van der Waals surface area contributed by atoms with Crippen molar-refractivity contribution in [2.24, 2.45) is 5.92 Å². The molecule has 0 aromatic heterocycles. The summed E-state index contributed by atoms with van der Waals surface area (Å²) in [6.07, 6.45) is 0.0994. The maximum Gasteiger partial charge on any atom is 0.311 e. The molecule has 0 radical (unpaired) electrons. The van der Waals surface area contributed by atoms with Gasteiger partial charge in [0.15, 0.2) is 6.61 Å². The van der Waals surface area contributed by atoms with Gasteiger partial charge in [0.1, 0.15) is 5.75 Å². The highest BCUT2D eigenvalue weighted by Gasteiger charge is 2.36. The second-order valence-electron chi connectivity index (χ2n) is 7.23. The molecule has 8 heteroatoms. The van der Waals surface area contributed by atoms with Crippen molar-refractivity contribution in [3.63, 3.8) is 0 Å². The molecule has 1 heterocycles. The number of anilines is 2. The lowest BCUT2D eigenvalue weighted by molar-refractivity contribution is -0.151. The number of carbonyl (C=O) groups excluding carboxylic acids is 3. The fourth-order valence-corrected chi connectivity index (χ4v) is 3.20. The molecular formula is C22H23ClN2O5. The van der Waals surface area contributed by atoms with Crippen LogP contribution in [0.25, 0.3) is 0 Å². The van der Waals surface area contributed by atoms with Crippen LogP contribution in [-0.4, -0.2) is 37.0 Å². The average molecular weight is 431 g/mol. The van der Waals surface area contributed by atoms with E-state index in [2.05, 4.69) is 5.32 Å². The van der Waals surface area contributed by atoms with Crippen molar-refractivity contribution in [3.8, 4) is 5.75 Å². The van der Waals surface area contributed by atoms with Gasteiger partial charge in [0.2, 0.25) is 5.91 Å². The van der Waals surface area contributed by atoms with E-state index in [0.717, 1.165) is 0 Å². The molecular weight excluding hydrogens is 408 g/mol. The van der Waals surface area contributed by atoms with Gasteiger partial charge < -0.3 is 19.7 Å². The van der Waals surface area contributed by atoms with Crippen LogP contribution in [0.3, 0.4) is 0 Å². The van der Waals surface area contributed by atoms with Crippen molar-refractivity contribution >= 4 is 40.8 Å². The molecule has 1 aliphatic heterocycles. The fraction of sp³-hybridized carbons (Fsp3) is 0.318. The van der Waals surface area contributed by atoms with Crippen molar-refractivity contribution in [2.45, 2.75) is 26.4 Å². The minimum absolute atomic E-state index is 0.0435. The molecule has 2 aromatic rings. The van der Waals surface area contributed by atoms with Crippen molar-refractivity contribution in [1.29, 1.82) is 0 Å². The number of benzene rings is 2. The summed E-state index contributed by atoms with van der Waals surface area (Å²) in [6.45, 7) is 3.65. The van der Waals surface area contributed by atoms with Crippen molar-refractivity contribution in [3.05, 3.63) is 53.6 Å². The molecule has 158 valence electrons. The first kappa shape index (κ1) is 21.6. The fourth-order valence-electron chi connectivity index (χ4n) is 3.08. The van der Waals surface area contributed by atoms with E-state index in [1.54, 1.807) is 53.4 Å². The van der Waals surface area contributed by atoms with Crippen molar-refractivity contribution < 1.29 is 23.9 Å². The quantitative estimate of drug-likeness (QED) is 0.677. The standard InChI is InChI=1S/C22H23ClN2O5/c1-14(2)30-19-9-7-18(8-10-19)25-12-15(11-21(25)27)22(28)29-13-20(26)24-17-5-3-16(23)4-6-17/h3-10,14-15H,11-13H2,1-2H3,(H,24,26)/t15-/m0/s1. The van der Waals surface area contributed by atoms with Crippen LogP contribution in [0.2, 0.25) is 5.02 Å². The maximum absolute atomic E-state index is 12.4. The Hall–Kier alpha value is -3.06. The Bertz CT molecular complexity index is 912. The first-order chi connectivity index (χ1) is 14.3. The molecule has 0 spiro atoms. The SMILES string of the molecule is CC(C)Oc1ccc(N2C[C@@H](C(=O)OCC(=O)Nc3ccc(Cl)cc3)CC2=O)cc1. The second-order valence-corrected chi connectivity index (χ2v) is 7.67. The molecule has 0 unspecified atom stereocenters. The van der Waals surface area contributed by atoms with Gasteiger partial charge in [0.05, 0.1) is 12.0 Å². The van der Waals surface area contributed by atoms with E-state index >= 15 is 0 Å². The predicted octanol–water partition coefficient (Wildman–Crippen LogP) is 3.66. The van der Waals surface area contributed by atoms with E-state index in [9.17, 15) is 14.4 Å². The van der Waals surface area contributed by atoms with Crippen LogP contribution in [0, 0.1) is 5.92 Å². The summed E-state index contributed by atoms with van der Waals surface area (Å²) in [5, 5.41) is 3.17. The largest absolute Gasteiger partial charge is 0.491 e. The number of amides is 2. The molecule has 1 fully saturated rings. The van der Waals surface area contributed by atoms with Gasteiger partial charge in [-0.05, 0) is 62.4 Å². The number of nitrogens with one attached hydrogen (secondary N) is 1. The number of esters is 1. The van der Waals surface area contributed by atoms with E-state index in [4.69, 9.17) is 21.1 Å². The number of carbonyl (C=O) groups is 3.